The van der Waals surface area contributed by atoms with Crippen LogP contribution < -0.4 is 10.3 Å². The van der Waals surface area contributed by atoms with Gasteiger partial charge in [-0.25, -0.2) is 5.43 Å². The first-order chi connectivity index (χ1) is 12.7. The number of nitrogens with zero attached hydrogens (tertiary/aromatic N) is 2. The van der Waals surface area contributed by atoms with E-state index in [1.807, 2.05) is 60.0 Å². The molecule has 1 aromatic heterocycles. The first-order valence-corrected chi connectivity index (χ1v) is 9.44. The fourth-order valence-corrected chi connectivity index (χ4v) is 3.66. The molecule has 4 rings (SSSR count). The Balaban J connectivity index is 1.44. The van der Waals surface area contributed by atoms with Gasteiger partial charge in [0.05, 0.1) is 6.21 Å². The summed E-state index contributed by atoms with van der Waals surface area (Å²) in [5, 5.41) is 6.71. The van der Waals surface area contributed by atoms with Gasteiger partial charge in [0, 0.05) is 34.2 Å². The SMILES string of the molecule is O=C(N/N=C\c1cccs1)c1ccc2c(c1)CN(c1ccc(Cl)cc1)C2. The Morgan fingerprint density at radius 2 is 1.92 bits per heavy atom. The van der Waals surface area contributed by atoms with Gasteiger partial charge < -0.3 is 4.90 Å². The van der Waals surface area contributed by atoms with Gasteiger partial charge in [0.2, 0.25) is 0 Å². The molecule has 2 aromatic carbocycles. The molecule has 0 aliphatic carbocycles. The summed E-state index contributed by atoms with van der Waals surface area (Å²) in [5.41, 5.74) is 6.72. The number of anilines is 1. The second-order valence-electron chi connectivity index (χ2n) is 6.03. The lowest BCUT2D eigenvalue weighted by Crippen LogP contribution is -2.17. The third-order valence-electron chi connectivity index (χ3n) is 4.28. The zero-order valence-electron chi connectivity index (χ0n) is 13.9. The van der Waals surface area contributed by atoms with Crippen LogP contribution in [0.1, 0.15) is 26.4 Å². The molecule has 0 spiro atoms. The molecule has 1 N–H and O–H groups in total. The number of hydrogen-bond donors (Lipinski definition) is 1. The number of rotatable bonds is 4. The quantitative estimate of drug-likeness (QED) is 0.526. The average Bonchev–Trinajstić information content (AvgIpc) is 3.31. The Bertz CT molecular complexity index is 952. The van der Waals surface area contributed by atoms with E-state index in [2.05, 4.69) is 15.4 Å². The average molecular weight is 382 g/mol. The fraction of sp³-hybridized carbons (Fsp3) is 0.100. The van der Waals surface area contributed by atoms with Gasteiger partial charge in [0.1, 0.15) is 0 Å². The molecule has 1 aliphatic rings. The van der Waals surface area contributed by atoms with Gasteiger partial charge >= 0.3 is 0 Å². The molecule has 0 fully saturated rings. The summed E-state index contributed by atoms with van der Waals surface area (Å²) < 4.78 is 0. The number of halogens is 1. The number of carbonyl (C=O) groups excluding carboxylic acids is 1. The summed E-state index contributed by atoms with van der Waals surface area (Å²) in [7, 11) is 0. The van der Waals surface area contributed by atoms with Crippen LogP contribution >= 0.6 is 22.9 Å². The number of thiophene rings is 1. The topological polar surface area (TPSA) is 44.7 Å². The number of benzene rings is 2. The molecule has 3 aromatic rings. The first-order valence-electron chi connectivity index (χ1n) is 8.18. The second kappa shape index (κ2) is 7.32. The third kappa shape index (κ3) is 3.64. The predicted molar refractivity (Wildman–Crippen MR) is 107 cm³/mol. The Labute approximate surface area is 160 Å². The largest absolute Gasteiger partial charge is 0.363 e. The van der Waals surface area contributed by atoms with E-state index in [0.29, 0.717) is 5.56 Å². The minimum absolute atomic E-state index is 0.203. The van der Waals surface area contributed by atoms with Crippen LogP contribution in [0.15, 0.2) is 65.1 Å². The van der Waals surface area contributed by atoms with Crippen LogP contribution in [0.2, 0.25) is 5.02 Å². The van der Waals surface area contributed by atoms with Crippen LogP contribution in [0.25, 0.3) is 0 Å². The molecule has 2 heterocycles. The lowest BCUT2D eigenvalue weighted by Gasteiger charge is -2.17. The highest BCUT2D eigenvalue weighted by atomic mass is 35.5. The van der Waals surface area contributed by atoms with Crippen molar-refractivity contribution >= 4 is 40.7 Å². The molecular formula is C20H16ClN3OS. The Hall–Kier alpha value is -2.63. The van der Waals surface area contributed by atoms with Gasteiger partial charge in [0.15, 0.2) is 0 Å². The highest BCUT2D eigenvalue weighted by Gasteiger charge is 2.20. The molecule has 1 amide bonds. The first kappa shape index (κ1) is 16.8. The van der Waals surface area contributed by atoms with Gasteiger partial charge in [-0.3, -0.25) is 4.79 Å². The smallest absolute Gasteiger partial charge is 0.271 e. The minimum atomic E-state index is -0.203. The molecule has 0 saturated carbocycles. The van der Waals surface area contributed by atoms with Crippen molar-refractivity contribution in [2.45, 2.75) is 13.1 Å². The summed E-state index contributed by atoms with van der Waals surface area (Å²) >= 11 is 7.53. The van der Waals surface area contributed by atoms with E-state index in [9.17, 15) is 4.79 Å². The molecular weight excluding hydrogens is 366 g/mol. The second-order valence-corrected chi connectivity index (χ2v) is 7.45. The molecule has 0 bridgehead atoms. The molecule has 1 aliphatic heterocycles. The fourth-order valence-electron chi connectivity index (χ4n) is 2.95. The number of hydrazone groups is 1. The summed E-state index contributed by atoms with van der Waals surface area (Å²) in [5.74, 6) is -0.203. The minimum Gasteiger partial charge on any atom is -0.363 e. The lowest BCUT2D eigenvalue weighted by atomic mass is 10.1. The maximum Gasteiger partial charge on any atom is 0.271 e. The van der Waals surface area contributed by atoms with Crippen LogP contribution in [0.4, 0.5) is 5.69 Å². The molecule has 6 heteroatoms. The van der Waals surface area contributed by atoms with E-state index in [4.69, 9.17) is 11.6 Å². The number of nitrogens with one attached hydrogen (secondary N) is 1. The van der Waals surface area contributed by atoms with Crippen molar-refractivity contribution in [2.24, 2.45) is 5.10 Å². The molecule has 26 heavy (non-hydrogen) atoms. The Morgan fingerprint density at radius 1 is 1.12 bits per heavy atom. The number of fused-ring (bicyclic) bond motifs is 1. The Morgan fingerprint density at radius 3 is 2.69 bits per heavy atom. The summed E-state index contributed by atoms with van der Waals surface area (Å²) in [6.07, 6.45) is 1.65. The Kier molecular flexibility index (Phi) is 4.73. The number of hydrogen-bond acceptors (Lipinski definition) is 4. The van der Waals surface area contributed by atoms with E-state index in [-0.39, 0.29) is 5.91 Å². The van der Waals surface area contributed by atoms with Gasteiger partial charge in [0.25, 0.3) is 5.91 Å². The van der Waals surface area contributed by atoms with Crippen molar-refractivity contribution in [3.8, 4) is 0 Å². The van der Waals surface area contributed by atoms with Crippen LogP contribution in [-0.2, 0) is 13.1 Å². The molecule has 0 radical (unpaired) electrons. The van der Waals surface area contributed by atoms with Crippen LogP contribution in [0.5, 0.6) is 0 Å². The highest BCUT2D eigenvalue weighted by molar-refractivity contribution is 7.11. The highest BCUT2D eigenvalue weighted by Crippen LogP contribution is 2.29. The molecule has 4 nitrogen and oxygen atoms in total. The predicted octanol–water partition coefficient (Wildman–Crippen LogP) is 4.69. The van der Waals surface area contributed by atoms with Crippen molar-refractivity contribution < 1.29 is 4.79 Å². The van der Waals surface area contributed by atoms with Crippen molar-refractivity contribution in [2.75, 3.05) is 4.90 Å². The molecule has 0 unspecified atom stereocenters. The van der Waals surface area contributed by atoms with E-state index in [1.165, 1.54) is 5.56 Å². The van der Waals surface area contributed by atoms with Gasteiger partial charge in [-0.2, -0.15) is 5.10 Å². The standard InChI is InChI=1S/C20H16ClN3OS/c21-17-5-7-18(8-6-17)24-12-15-4-3-14(10-16(15)13-24)20(25)23-22-11-19-2-1-9-26-19/h1-11H,12-13H2,(H,23,25)/b22-11-. The summed E-state index contributed by atoms with van der Waals surface area (Å²) in [6.45, 7) is 1.60. The summed E-state index contributed by atoms with van der Waals surface area (Å²) in [6, 6.07) is 17.5. The van der Waals surface area contributed by atoms with E-state index in [1.54, 1.807) is 17.6 Å². The summed E-state index contributed by atoms with van der Waals surface area (Å²) in [4.78, 5) is 15.6. The van der Waals surface area contributed by atoms with E-state index >= 15 is 0 Å². The monoisotopic (exact) mass is 381 g/mol. The normalized spacial score (nSPS) is 13.2. The van der Waals surface area contributed by atoms with Crippen molar-refractivity contribution in [1.82, 2.24) is 5.43 Å². The zero-order valence-corrected chi connectivity index (χ0v) is 15.4. The van der Waals surface area contributed by atoms with Crippen molar-refractivity contribution in [1.29, 1.82) is 0 Å². The lowest BCUT2D eigenvalue weighted by molar-refractivity contribution is 0.0955. The number of carbonyl (C=O) groups is 1. The van der Waals surface area contributed by atoms with E-state index in [0.717, 1.165) is 34.2 Å². The van der Waals surface area contributed by atoms with Crippen molar-refractivity contribution in [3.05, 3.63) is 86.6 Å². The van der Waals surface area contributed by atoms with Gasteiger partial charge in [-0.15, -0.1) is 11.3 Å². The third-order valence-corrected chi connectivity index (χ3v) is 5.34. The van der Waals surface area contributed by atoms with Gasteiger partial charge in [-0.05, 0) is 59.0 Å². The van der Waals surface area contributed by atoms with Crippen molar-refractivity contribution in [3.63, 3.8) is 0 Å². The van der Waals surface area contributed by atoms with E-state index < -0.39 is 0 Å². The van der Waals surface area contributed by atoms with Crippen LogP contribution in [-0.4, -0.2) is 12.1 Å². The molecule has 0 atom stereocenters. The number of amides is 1. The van der Waals surface area contributed by atoms with Crippen LogP contribution in [0, 0.1) is 0 Å². The molecule has 0 saturated heterocycles. The maximum atomic E-state index is 12.3. The maximum absolute atomic E-state index is 12.3. The van der Waals surface area contributed by atoms with Crippen LogP contribution in [0.3, 0.4) is 0 Å². The zero-order chi connectivity index (χ0) is 17.9. The van der Waals surface area contributed by atoms with Gasteiger partial charge in [-0.1, -0.05) is 23.7 Å². The molecule has 130 valence electrons.